The van der Waals surface area contributed by atoms with E-state index in [-0.39, 0.29) is 0 Å². The zero-order valence-electron chi connectivity index (χ0n) is 12.6. The van der Waals surface area contributed by atoms with Crippen LogP contribution in [0.15, 0.2) is 36.5 Å². The maximum Gasteiger partial charge on any atom is 0.219 e. The molecule has 2 aromatic rings. The molecule has 0 aliphatic heterocycles. The van der Waals surface area contributed by atoms with E-state index in [4.69, 9.17) is 4.74 Å². The van der Waals surface area contributed by atoms with E-state index in [0.717, 1.165) is 17.9 Å². The summed E-state index contributed by atoms with van der Waals surface area (Å²) in [6, 6.07) is 10.4. The van der Waals surface area contributed by atoms with Gasteiger partial charge in [-0.15, -0.1) is 0 Å². The van der Waals surface area contributed by atoms with Crippen molar-refractivity contribution in [1.29, 1.82) is 0 Å². The first-order chi connectivity index (χ1) is 9.61. The maximum absolute atomic E-state index is 5.92. The highest BCUT2D eigenvalue weighted by Gasteiger charge is 2.08. The standard InChI is InChI=1S/C17H22N2O/c1-5-18-14(4)15-9-10-19-17(11-15)20-16-8-6-7-12(2)13(16)3/h6-11,14,18H,5H2,1-4H3. The average molecular weight is 270 g/mol. The summed E-state index contributed by atoms with van der Waals surface area (Å²) in [6.07, 6.45) is 1.80. The molecule has 0 amide bonds. The molecule has 0 aliphatic carbocycles. The number of ether oxygens (including phenoxy) is 1. The van der Waals surface area contributed by atoms with Crippen molar-refractivity contribution in [2.75, 3.05) is 6.54 Å². The first-order valence-corrected chi connectivity index (χ1v) is 7.05. The summed E-state index contributed by atoms with van der Waals surface area (Å²) >= 11 is 0. The molecule has 1 aromatic carbocycles. The van der Waals surface area contributed by atoms with Crippen LogP contribution in [0.2, 0.25) is 0 Å². The monoisotopic (exact) mass is 270 g/mol. The molecular formula is C17H22N2O. The SMILES string of the molecule is CCNC(C)c1ccnc(Oc2cccc(C)c2C)c1. The number of hydrogen-bond acceptors (Lipinski definition) is 3. The number of aryl methyl sites for hydroxylation is 1. The van der Waals surface area contributed by atoms with Crippen LogP contribution >= 0.6 is 0 Å². The maximum atomic E-state index is 5.92. The fraction of sp³-hybridized carbons (Fsp3) is 0.353. The minimum Gasteiger partial charge on any atom is -0.439 e. The minimum atomic E-state index is 0.295. The Morgan fingerprint density at radius 3 is 2.80 bits per heavy atom. The molecule has 0 bridgehead atoms. The largest absolute Gasteiger partial charge is 0.439 e. The van der Waals surface area contributed by atoms with Gasteiger partial charge in [0.1, 0.15) is 5.75 Å². The van der Waals surface area contributed by atoms with Gasteiger partial charge in [-0.05, 0) is 56.1 Å². The molecule has 3 heteroatoms. The third-order valence-corrected chi connectivity index (χ3v) is 3.54. The first-order valence-electron chi connectivity index (χ1n) is 7.05. The zero-order valence-corrected chi connectivity index (χ0v) is 12.6. The van der Waals surface area contributed by atoms with Crippen molar-refractivity contribution in [3.8, 4) is 11.6 Å². The quantitative estimate of drug-likeness (QED) is 0.885. The Bertz CT molecular complexity index is 581. The van der Waals surface area contributed by atoms with Crippen LogP contribution in [0.25, 0.3) is 0 Å². The molecule has 0 radical (unpaired) electrons. The Labute approximate surface area is 121 Å². The highest BCUT2D eigenvalue weighted by atomic mass is 16.5. The normalized spacial score (nSPS) is 12.2. The fourth-order valence-electron chi connectivity index (χ4n) is 2.12. The molecule has 1 heterocycles. The molecule has 106 valence electrons. The third-order valence-electron chi connectivity index (χ3n) is 3.54. The number of aromatic nitrogens is 1. The van der Waals surface area contributed by atoms with E-state index in [0.29, 0.717) is 11.9 Å². The second-order valence-electron chi connectivity index (χ2n) is 5.01. The number of nitrogens with one attached hydrogen (secondary N) is 1. The Morgan fingerprint density at radius 1 is 1.25 bits per heavy atom. The van der Waals surface area contributed by atoms with Gasteiger partial charge < -0.3 is 10.1 Å². The molecule has 1 aromatic heterocycles. The van der Waals surface area contributed by atoms with Crippen LogP contribution in [-0.4, -0.2) is 11.5 Å². The summed E-state index contributed by atoms with van der Waals surface area (Å²) in [4.78, 5) is 4.30. The molecule has 20 heavy (non-hydrogen) atoms. The van der Waals surface area contributed by atoms with E-state index in [1.165, 1.54) is 11.1 Å². The molecular weight excluding hydrogens is 248 g/mol. The van der Waals surface area contributed by atoms with Crippen molar-refractivity contribution in [2.24, 2.45) is 0 Å². The van der Waals surface area contributed by atoms with Crippen molar-refractivity contribution in [1.82, 2.24) is 10.3 Å². The average Bonchev–Trinajstić information content (AvgIpc) is 2.44. The first kappa shape index (κ1) is 14.5. The summed E-state index contributed by atoms with van der Waals surface area (Å²) in [5.74, 6) is 1.51. The van der Waals surface area contributed by atoms with E-state index in [9.17, 15) is 0 Å². The van der Waals surface area contributed by atoms with E-state index < -0.39 is 0 Å². The summed E-state index contributed by atoms with van der Waals surface area (Å²) in [5.41, 5.74) is 3.56. The van der Waals surface area contributed by atoms with Gasteiger partial charge in [0.05, 0.1) is 0 Å². The van der Waals surface area contributed by atoms with Crippen LogP contribution in [0.4, 0.5) is 0 Å². The van der Waals surface area contributed by atoms with E-state index in [1.54, 1.807) is 6.20 Å². The molecule has 1 atom stereocenters. The van der Waals surface area contributed by atoms with Gasteiger partial charge in [0.2, 0.25) is 5.88 Å². The number of nitrogens with zero attached hydrogens (tertiary/aromatic N) is 1. The van der Waals surface area contributed by atoms with Gasteiger partial charge in [-0.2, -0.15) is 0 Å². The van der Waals surface area contributed by atoms with E-state index in [1.807, 2.05) is 24.3 Å². The molecule has 3 nitrogen and oxygen atoms in total. The summed E-state index contributed by atoms with van der Waals surface area (Å²) in [5, 5.41) is 3.39. The van der Waals surface area contributed by atoms with Gasteiger partial charge in [0, 0.05) is 18.3 Å². The van der Waals surface area contributed by atoms with Crippen molar-refractivity contribution < 1.29 is 4.74 Å². The second-order valence-corrected chi connectivity index (χ2v) is 5.01. The second kappa shape index (κ2) is 6.53. The lowest BCUT2D eigenvalue weighted by atomic mass is 10.1. The number of rotatable bonds is 5. The van der Waals surface area contributed by atoms with Gasteiger partial charge in [0.15, 0.2) is 0 Å². The Kier molecular flexibility index (Phi) is 4.74. The van der Waals surface area contributed by atoms with Crippen molar-refractivity contribution in [3.63, 3.8) is 0 Å². The van der Waals surface area contributed by atoms with Gasteiger partial charge in [-0.1, -0.05) is 19.1 Å². The summed E-state index contributed by atoms with van der Waals surface area (Å²) < 4.78 is 5.92. The lowest BCUT2D eigenvalue weighted by molar-refractivity contribution is 0.456. The minimum absolute atomic E-state index is 0.295. The fourth-order valence-corrected chi connectivity index (χ4v) is 2.12. The number of benzene rings is 1. The van der Waals surface area contributed by atoms with E-state index in [2.05, 4.69) is 44.1 Å². The third kappa shape index (κ3) is 3.36. The molecule has 1 unspecified atom stereocenters. The van der Waals surface area contributed by atoms with Crippen molar-refractivity contribution in [2.45, 2.75) is 33.7 Å². The van der Waals surface area contributed by atoms with Crippen LogP contribution in [-0.2, 0) is 0 Å². The molecule has 1 N–H and O–H groups in total. The van der Waals surface area contributed by atoms with Crippen LogP contribution < -0.4 is 10.1 Å². The van der Waals surface area contributed by atoms with Crippen LogP contribution in [0.5, 0.6) is 11.6 Å². The van der Waals surface area contributed by atoms with Gasteiger partial charge in [-0.3, -0.25) is 0 Å². The van der Waals surface area contributed by atoms with Crippen LogP contribution in [0.3, 0.4) is 0 Å². The van der Waals surface area contributed by atoms with Gasteiger partial charge in [0.25, 0.3) is 0 Å². The molecule has 0 spiro atoms. The topological polar surface area (TPSA) is 34.2 Å². The van der Waals surface area contributed by atoms with Gasteiger partial charge >= 0.3 is 0 Å². The lowest BCUT2D eigenvalue weighted by Crippen LogP contribution is -2.17. The molecule has 2 rings (SSSR count). The Morgan fingerprint density at radius 2 is 2.05 bits per heavy atom. The van der Waals surface area contributed by atoms with E-state index >= 15 is 0 Å². The molecule has 0 saturated heterocycles. The number of hydrogen-bond donors (Lipinski definition) is 1. The predicted molar refractivity (Wildman–Crippen MR) is 82.3 cm³/mol. The van der Waals surface area contributed by atoms with Crippen LogP contribution in [0.1, 0.15) is 36.6 Å². The molecule has 0 aliphatic rings. The van der Waals surface area contributed by atoms with Gasteiger partial charge in [-0.25, -0.2) is 4.98 Å². The van der Waals surface area contributed by atoms with Crippen molar-refractivity contribution >= 4 is 0 Å². The van der Waals surface area contributed by atoms with Crippen molar-refractivity contribution in [3.05, 3.63) is 53.2 Å². The molecule has 0 saturated carbocycles. The summed E-state index contributed by atoms with van der Waals surface area (Å²) in [6.45, 7) is 9.33. The Hall–Kier alpha value is -1.87. The Balaban J connectivity index is 2.21. The smallest absolute Gasteiger partial charge is 0.219 e. The highest BCUT2D eigenvalue weighted by Crippen LogP contribution is 2.26. The predicted octanol–water partition coefficient (Wildman–Crippen LogP) is 4.16. The zero-order chi connectivity index (χ0) is 14.5. The molecule has 0 fully saturated rings. The van der Waals surface area contributed by atoms with Crippen LogP contribution in [0, 0.1) is 13.8 Å². The lowest BCUT2D eigenvalue weighted by Gasteiger charge is -2.14. The summed E-state index contributed by atoms with van der Waals surface area (Å²) in [7, 11) is 0. The highest BCUT2D eigenvalue weighted by molar-refractivity contribution is 5.40. The number of pyridine rings is 1.